The highest BCUT2D eigenvalue weighted by Crippen LogP contribution is 2.39. The number of hydrogen-bond donors (Lipinski definition) is 1. The highest BCUT2D eigenvalue weighted by molar-refractivity contribution is 5.86. The summed E-state index contributed by atoms with van der Waals surface area (Å²) in [7, 11) is 0. The van der Waals surface area contributed by atoms with Crippen molar-refractivity contribution in [3.05, 3.63) is 35.7 Å². The van der Waals surface area contributed by atoms with Crippen molar-refractivity contribution in [2.75, 3.05) is 36.0 Å². The highest BCUT2D eigenvalue weighted by Gasteiger charge is 2.30. The molecule has 5 rings (SSSR count). The largest absolute Gasteiger partial charge is 0.354 e. The maximum atomic E-state index is 13.3. The van der Waals surface area contributed by atoms with Crippen LogP contribution in [0.2, 0.25) is 0 Å². The summed E-state index contributed by atoms with van der Waals surface area (Å²) in [5, 5.41) is 0. The van der Waals surface area contributed by atoms with E-state index < -0.39 is 6.43 Å². The van der Waals surface area contributed by atoms with Gasteiger partial charge in [0.25, 0.3) is 6.43 Å². The monoisotopic (exact) mass is 385 g/mol. The summed E-state index contributed by atoms with van der Waals surface area (Å²) in [6, 6.07) is 3.44. The third-order valence-corrected chi connectivity index (χ3v) is 5.35. The quantitative estimate of drug-likeness (QED) is 0.744. The molecule has 1 aliphatic heterocycles. The van der Waals surface area contributed by atoms with E-state index in [4.69, 9.17) is 0 Å². The van der Waals surface area contributed by atoms with Gasteiger partial charge in [-0.25, -0.2) is 28.7 Å². The second-order valence-electron chi connectivity index (χ2n) is 7.47. The zero-order chi connectivity index (χ0) is 19.3. The van der Waals surface area contributed by atoms with Crippen molar-refractivity contribution in [3.63, 3.8) is 0 Å². The second-order valence-corrected chi connectivity index (χ2v) is 7.47. The van der Waals surface area contributed by atoms with Gasteiger partial charge in [0.15, 0.2) is 5.82 Å². The van der Waals surface area contributed by atoms with Gasteiger partial charge >= 0.3 is 0 Å². The minimum atomic E-state index is -2.58. The van der Waals surface area contributed by atoms with Gasteiger partial charge in [-0.05, 0) is 25.8 Å². The van der Waals surface area contributed by atoms with E-state index in [0.717, 1.165) is 48.5 Å². The Labute approximate surface area is 160 Å². The van der Waals surface area contributed by atoms with Crippen molar-refractivity contribution >= 4 is 22.7 Å². The van der Waals surface area contributed by atoms with Crippen LogP contribution in [0.5, 0.6) is 0 Å². The number of nitrogens with one attached hydrogen (secondary N) is 1. The number of hydrogen-bond acceptors (Lipinski definition) is 6. The highest BCUT2D eigenvalue weighted by atomic mass is 19.3. The number of alkyl halides is 2. The number of anilines is 2. The maximum absolute atomic E-state index is 13.3. The van der Waals surface area contributed by atoms with Gasteiger partial charge in [0, 0.05) is 43.9 Å². The number of aryl methyl sites for hydroxylation is 1. The van der Waals surface area contributed by atoms with Gasteiger partial charge in [0.2, 0.25) is 0 Å². The van der Waals surface area contributed by atoms with Crippen molar-refractivity contribution in [2.45, 2.75) is 32.1 Å². The summed E-state index contributed by atoms with van der Waals surface area (Å²) >= 11 is 0. The SMILES string of the molecule is Cc1cc2ncnc(N3CCN(c4cc(C(F)F)nc(C5CC5)n4)CC3)c2[nH]1. The zero-order valence-corrected chi connectivity index (χ0v) is 15.6. The van der Waals surface area contributed by atoms with E-state index in [9.17, 15) is 8.78 Å². The summed E-state index contributed by atoms with van der Waals surface area (Å²) in [6.07, 6.45) is 0.975. The molecule has 0 bridgehead atoms. The van der Waals surface area contributed by atoms with E-state index in [1.165, 1.54) is 6.07 Å². The first-order valence-electron chi connectivity index (χ1n) is 9.56. The fourth-order valence-electron chi connectivity index (χ4n) is 3.71. The number of halogens is 2. The first kappa shape index (κ1) is 17.3. The number of rotatable bonds is 4. The van der Waals surface area contributed by atoms with Crippen molar-refractivity contribution in [1.29, 1.82) is 0 Å². The van der Waals surface area contributed by atoms with E-state index in [2.05, 4.69) is 34.7 Å². The normalized spacial score (nSPS) is 17.7. The molecule has 0 amide bonds. The molecule has 1 saturated carbocycles. The van der Waals surface area contributed by atoms with Crippen LogP contribution in [0.15, 0.2) is 18.5 Å². The Kier molecular flexibility index (Phi) is 4.10. The predicted octanol–water partition coefficient (Wildman–Crippen LogP) is 3.20. The number of H-pyrrole nitrogens is 1. The average molecular weight is 385 g/mol. The summed E-state index contributed by atoms with van der Waals surface area (Å²) in [5.74, 6) is 2.29. The summed E-state index contributed by atoms with van der Waals surface area (Å²) in [5.41, 5.74) is 2.71. The van der Waals surface area contributed by atoms with Gasteiger partial charge in [-0.3, -0.25) is 0 Å². The van der Waals surface area contributed by atoms with E-state index in [0.29, 0.717) is 24.7 Å². The fourth-order valence-corrected chi connectivity index (χ4v) is 3.71. The molecule has 4 heterocycles. The third kappa shape index (κ3) is 3.14. The summed E-state index contributed by atoms with van der Waals surface area (Å²) < 4.78 is 26.6. The van der Waals surface area contributed by atoms with Crippen LogP contribution in [0.1, 0.15) is 42.4 Å². The molecule has 0 unspecified atom stereocenters. The van der Waals surface area contributed by atoms with Crippen molar-refractivity contribution in [3.8, 4) is 0 Å². The smallest absolute Gasteiger partial charge is 0.280 e. The number of piperazine rings is 1. The van der Waals surface area contributed by atoms with Crippen LogP contribution in [0.25, 0.3) is 11.0 Å². The van der Waals surface area contributed by atoms with Crippen molar-refractivity contribution in [1.82, 2.24) is 24.9 Å². The first-order chi connectivity index (χ1) is 13.6. The van der Waals surface area contributed by atoms with Crippen LogP contribution >= 0.6 is 0 Å². The molecular formula is C19H21F2N7. The van der Waals surface area contributed by atoms with Crippen LogP contribution in [0.4, 0.5) is 20.4 Å². The molecule has 1 aliphatic carbocycles. The zero-order valence-electron chi connectivity index (χ0n) is 15.6. The molecule has 3 aromatic rings. The Hall–Kier alpha value is -2.84. The molecule has 2 aliphatic rings. The Balaban J connectivity index is 1.37. The van der Waals surface area contributed by atoms with E-state index in [1.54, 1.807) is 6.33 Å². The number of nitrogens with zero attached hydrogens (tertiary/aromatic N) is 6. The molecular weight excluding hydrogens is 364 g/mol. The lowest BCUT2D eigenvalue weighted by Gasteiger charge is -2.36. The van der Waals surface area contributed by atoms with Crippen LogP contribution in [0, 0.1) is 6.92 Å². The summed E-state index contributed by atoms with van der Waals surface area (Å²) in [6.45, 7) is 4.84. The first-order valence-corrected chi connectivity index (χ1v) is 9.56. The lowest BCUT2D eigenvalue weighted by atomic mass is 10.2. The molecule has 146 valence electrons. The van der Waals surface area contributed by atoms with Gasteiger partial charge in [-0.2, -0.15) is 0 Å². The lowest BCUT2D eigenvalue weighted by molar-refractivity contribution is 0.145. The Morgan fingerprint density at radius 3 is 2.50 bits per heavy atom. The molecule has 0 aromatic carbocycles. The average Bonchev–Trinajstić information content (AvgIpc) is 3.48. The molecule has 1 N–H and O–H groups in total. The Morgan fingerprint density at radius 2 is 1.79 bits per heavy atom. The van der Waals surface area contributed by atoms with Crippen LogP contribution in [0.3, 0.4) is 0 Å². The molecule has 1 saturated heterocycles. The minimum Gasteiger partial charge on any atom is -0.354 e. The number of aromatic nitrogens is 5. The topological polar surface area (TPSA) is 73.8 Å². The molecule has 2 fully saturated rings. The third-order valence-electron chi connectivity index (χ3n) is 5.35. The van der Waals surface area contributed by atoms with Crippen LogP contribution in [-0.4, -0.2) is 51.1 Å². The fraction of sp³-hybridized carbons (Fsp3) is 0.474. The summed E-state index contributed by atoms with van der Waals surface area (Å²) in [4.78, 5) is 25.0. The van der Waals surface area contributed by atoms with Crippen molar-refractivity contribution in [2.24, 2.45) is 0 Å². The molecule has 7 nitrogen and oxygen atoms in total. The standard InChI is InChI=1S/C19H21F2N7/c1-11-8-13-16(24-11)19(23-10-22-13)28-6-4-27(5-7-28)15-9-14(17(20)21)25-18(26-15)12-2-3-12/h8-10,12,17,24H,2-7H2,1H3. The molecule has 28 heavy (non-hydrogen) atoms. The van der Waals surface area contributed by atoms with Gasteiger partial charge in [-0.1, -0.05) is 0 Å². The molecule has 0 atom stereocenters. The molecule has 0 radical (unpaired) electrons. The predicted molar refractivity (Wildman–Crippen MR) is 102 cm³/mol. The maximum Gasteiger partial charge on any atom is 0.280 e. The van der Waals surface area contributed by atoms with Crippen LogP contribution < -0.4 is 9.80 Å². The lowest BCUT2D eigenvalue weighted by Crippen LogP contribution is -2.47. The van der Waals surface area contributed by atoms with E-state index in [-0.39, 0.29) is 11.6 Å². The van der Waals surface area contributed by atoms with E-state index >= 15 is 0 Å². The minimum absolute atomic E-state index is 0.173. The Bertz CT molecular complexity index is 986. The molecule has 9 heteroatoms. The van der Waals surface area contributed by atoms with E-state index in [1.807, 2.05) is 13.0 Å². The van der Waals surface area contributed by atoms with Gasteiger partial charge < -0.3 is 14.8 Å². The van der Waals surface area contributed by atoms with Gasteiger partial charge in [-0.15, -0.1) is 0 Å². The Morgan fingerprint density at radius 1 is 1.04 bits per heavy atom. The molecule has 3 aromatic heterocycles. The van der Waals surface area contributed by atoms with Crippen molar-refractivity contribution < 1.29 is 8.78 Å². The second kappa shape index (κ2) is 6.65. The number of aromatic amines is 1. The van der Waals surface area contributed by atoms with Gasteiger partial charge in [0.1, 0.15) is 29.2 Å². The number of fused-ring (bicyclic) bond motifs is 1. The van der Waals surface area contributed by atoms with Gasteiger partial charge in [0.05, 0.1) is 5.52 Å². The molecule has 0 spiro atoms. The van der Waals surface area contributed by atoms with Crippen LogP contribution in [-0.2, 0) is 0 Å².